The van der Waals surface area contributed by atoms with E-state index in [1.54, 1.807) is 12.3 Å². The zero-order valence-electron chi connectivity index (χ0n) is 10.4. The second-order valence-corrected chi connectivity index (χ2v) is 4.87. The fourth-order valence-corrected chi connectivity index (χ4v) is 2.27. The van der Waals surface area contributed by atoms with Crippen LogP contribution in [0.3, 0.4) is 0 Å². The summed E-state index contributed by atoms with van der Waals surface area (Å²) < 4.78 is 0. The number of nitrogens with zero attached hydrogens (tertiary/aromatic N) is 4. The maximum Gasteiger partial charge on any atom is 0.194 e. The predicted molar refractivity (Wildman–Crippen MR) is 71.3 cm³/mol. The van der Waals surface area contributed by atoms with E-state index in [0.29, 0.717) is 11.0 Å². The number of anilines is 1. The molecule has 0 aliphatic rings. The average molecular weight is 261 g/mol. The standard InChI is InChI=1S/C12H15N5S/c1-3-4-10-16-9(13)7-11(17-10)18-12-14-6-5-8(2)15-12/h5-7H,3-4H2,1-2H3,(H2,13,16,17). The topological polar surface area (TPSA) is 77.6 Å². The molecular weight excluding hydrogens is 246 g/mol. The molecule has 0 radical (unpaired) electrons. The minimum absolute atomic E-state index is 0.489. The molecule has 5 nitrogen and oxygen atoms in total. The predicted octanol–water partition coefficient (Wildman–Crippen LogP) is 2.26. The summed E-state index contributed by atoms with van der Waals surface area (Å²) in [5.41, 5.74) is 6.70. The van der Waals surface area contributed by atoms with Crippen LogP contribution in [0.25, 0.3) is 0 Å². The smallest absolute Gasteiger partial charge is 0.194 e. The van der Waals surface area contributed by atoms with Crippen molar-refractivity contribution in [2.45, 2.75) is 36.9 Å². The highest BCUT2D eigenvalue weighted by atomic mass is 32.2. The Morgan fingerprint density at radius 2 is 2.11 bits per heavy atom. The van der Waals surface area contributed by atoms with E-state index < -0.39 is 0 Å². The molecule has 94 valence electrons. The van der Waals surface area contributed by atoms with E-state index >= 15 is 0 Å². The van der Waals surface area contributed by atoms with Gasteiger partial charge in [-0.05, 0) is 31.2 Å². The molecule has 0 saturated heterocycles. The summed E-state index contributed by atoms with van der Waals surface area (Å²) >= 11 is 1.40. The lowest BCUT2D eigenvalue weighted by Crippen LogP contribution is -2.01. The molecule has 6 heteroatoms. The van der Waals surface area contributed by atoms with Crippen LogP contribution in [0.1, 0.15) is 24.9 Å². The molecule has 0 aromatic carbocycles. The molecule has 0 unspecified atom stereocenters. The molecule has 2 N–H and O–H groups in total. The Labute approximate surface area is 110 Å². The van der Waals surface area contributed by atoms with Crippen molar-refractivity contribution >= 4 is 17.6 Å². The lowest BCUT2D eigenvalue weighted by molar-refractivity contribution is 0.811. The molecule has 0 bridgehead atoms. The molecule has 2 rings (SSSR count). The van der Waals surface area contributed by atoms with Gasteiger partial charge in [-0.1, -0.05) is 6.92 Å². The van der Waals surface area contributed by atoms with Gasteiger partial charge in [0.25, 0.3) is 0 Å². The maximum atomic E-state index is 5.77. The second kappa shape index (κ2) is 5.77. The van der Waals surface area contributed by atoms with E-state index in [1.165, 1.54) is 11.8 Å². The Morgan fingerprint density at radius 3 is 2.83 bits per heavy atom. The minimum Gasteiger partial charge on any atom is -0.384 e. The lowest BCUT2D eigenvalue weighted by Gasteiger charge is -2.04. The molecule has 0 saturated carbocycles. The largest absolute Gasteiger partial charge is 0.384 e. The van der Waals surface area contributed by atoms with E-state index in [9.17, 15) is 0 Å². The van der Waals surface area contributed by atoms with Gasteiger partial charge in [-0.25, -0.2) is 19.9 Å². The van der Waals surface area contributed by atoms with Crippen molar-refractivity contribution < 1.29 is 0 Å². The molecule has 0 atom stereocenters. The molecule has 2 heterocycles. The molecule has 2 aromatic heterocycles. The Kier molecular flexibility index (Phi) is 4.09. The van der Waals surface area contributed by atoms with Crippen LogP contribution in [0.4, 0.5) is 5.82 Å². The van der Waals surface area contributed by atoms with Gasteiger partial charge in [0.15, 0.2) is 5.16 Å². The molecular formula is C12H15N5S. The Morgan fingerprint density at radius 1 is 1.28 bits per heavy atom. The van der Waals surface area contributed by atoms with E-state index in [4.69, 9.17) is 5.73 Å². The number of nitrogen functional groups attached to an aromatic ring is 1. The fourth-order valence-electron chi connectivity index (χ4n) is 1.45. The minimum atomic E-state index is 0.489. The van der Waals surface area contributed by atoms with E-state index in [2.05, 4.69) is 26.9 Å². The quantitative estimate of drug-likeness (QED) is 0.672. The normalized spacial score (nSPS) is 10.6. The monoisotopic (exact) mass is 261 g/mol. The molecule has 0 aliphatic carbocycles. The van der Waals surface area contributed by atoms with Crippen LogP contribution in [0.15, 0.2) is 28.5 Å². The van der Waals surface area contributed by atoms with Gasteiger partial charge in [0.1, 0.15) is 16.7 Å². The van der Waals surface area contributed by atoms with Crippen LogP contribution in [0, 0.1) is 6.92 Å². The van der Waals surface area contributed by atoms with Crippen LogP contribution in [0.2, 0.25) is 0 Å². The summed E-state index contributed by atoms with van der Waals surface area (Å²) in [6.07, 6.45) is 3.56. The zero-order valence-corrected chi connectivity index (χ0v) is 11.2. The third kappa shape index (κ3) is 3.40. The summed E-state index contributed by atoms with van der Waals surface area (Å²) in [5.74, 6) is 1.26. The van der Waals surface area contributed by atoms with Crippen molar-refractivity contribution in [3.05, 3.63) is 29.8 Å². The van der Waals surface area contributed by atoms with Gasteiger partial charge in [-0.2, -0.15) is 0 Å². The summed E-state index contributed by atoms with van der Waals surface area (Å²) in [4.78, 5) is 17.2. The van der Waals surface area contributed by atoms with E-state index in [0.717, 1.165) is 29.4 Å². The van der Waals surface area contributed by atoms with Gasteiger partial charge < -0.3 is 5.73 Å². The van der Waals surface area contributed by atoms with Gasteiger partial charge in [0.2, 0.25) is 0 Å². The van der Waals surface area contributed by atoms with Crippen LogP contribution in [0.5, 0.6) is 0 Å². The summed E-state index contributed by atoms with van der Waals surface area (Å²) in [6.45, 7) is 4.02. The first kappa shape index (κ1) is 12.8. The van der Waals surface area contributed by atoms with Gasteiger partial charge in [-0.15, -0.1) is 0 Å². The first-order valence-corrected chi connectivity index (χ1v) is 6.60. The molecule has 0 fully saturated rings. The van der Waals surface area contributed by atoms with Gasteiger partial charge in [-0.3, -0.25) is 0 Å². The molecule has 0 aliphatic heterocycles. The number of rotatable bonds is 4. The van der Waals surface area contributed by atoms with Crippen molar-refractivity contribution in [3.63, 3.8) is 0 Å². The van der Waals surface area contributed by atoms with E-state index in [-0.39, 0.29) is 0 Å². The summed E-state index contributed by atoms with van der Waals surface area (Å²) in [6, 6.07) is 3.61. The Balaban J connectivity index is 2.23. The van der Waals surface area contributed by atoms with Crippen molar-refractivity contribution in [1.29, 1.82) is 0 Å². The third-order valence-corrected chi connectivity index (χ3v) is 3.01. The highest BCUT2D eigenvalue weighted by Crippen LogP contribution is 2.23. The van der Waals surface area contributed by atoms with Crippen molar-refractivity contribution in [2.75, 3.05) is 5.73 Å². The second-order valence-electron chi connectivity index (χ2n) is 3.88. The number of aryl methyl sites for hydroxylation is 2. The van der Waals surface area contributed by atoms with Crippen LogP contribution in [-0.2, 0) is 6.42 Å². The van der Waals surface area contributed by atoms with Gasteiger partial charge >= 0.3 is 0 Å². The summed E-state index contributed by atoms with van der Waals surface area (Å²) in [5, 5.41) is 1.46. The maximum absolute atomic E-state index is 5.77. The van der Waals surface area contributed by atoms with Crippen LogP contribution >= 0.6 is 11.8 Å². The fraction of sp³-hybridized carbons (Fsp3) is 0.333. The van der Waals surface area contributed by atoms with Gasteiger partial charge in [0, 0.05) is 24.4 Å². The molecule has 0 amide bonds. The average Bonchev–Trinajstić information content (AvgIpc) is 2.28. The SMILES string of the molecule is CCCc1nc(N)cc(Sc2nccc(C)n2)n1. The third-order valence-electron chi connectivity index (χ3n) is 2.21. The summed E-state index contributed by atoms with van der Waals surface area (Å²) in [7, 11) is 0. The Hall–Kier alpha value is -1.69. The number of aromatic nitrogens is 4. The molecule has 18 heavy (non-hydrogen) atoms. The number of nitrogens with two attached hydrogens (primary N) is 1. The molecule has 0 spiro atoms. The Bertz CT molecular complexity index is 544. The first-order chi connectivity index (χ1) is 8.67. The highest BCUT2D eigenvalue weighted by molar-refractivity contribution is 7.99. The molecule has 2 aromatic rings. The first-order valence-electron chi connectivity index (χ1n) is 5.78. The van der Waals surface area contributed by atoms with Crippen molar-refractivity contribution in [2.24, 2.45) is 0 Å². The lowest BCUT2D eigenvalue weighted by atomic mass is 10.3. The van der Waals surface area contributed by atoms with Crippen LogP contribution in [-0.4, -0.2) is 19.9 Å². The highest BCUT2D eigenvalue weighted by Gasteiger charge is 2.06. The number of hydrogen-bond donors (Lipinski definition) is 1. The zero-order chi connectivity index (χ0) is 13.0. The number of hydrogen-bond acceptors (Lipinski definition) is 6. The van der Waals surface area contributed by atoms with E-state index in [1.807, 2.05) is 13.0 Å². The van der Waals surface area contributed by atoms with Crippen LogP contribution < -0.4 is 5.73 Å². The van der Waals surface area contributed by atoms with Crippen molar-refractivity contribution in [1.82, 2.24) is 19.9 Å². The van der Waals surface area contributed by atoms with Gasteiger partial charge in [0.05, 0.1) is 0 Å². The van der Waals surface area contributed by atoms with Crippen molar-refractivity contribution in [3.8, 4) is 0 Å².